The zero-order valence-electron chi connectivity index (χ0n) is 15.9. The molecule has 2 aliphatic rings. The maximum absolute atomic E-state index is 14.7. The number of nitrogens with zero attached hydrogens (tertiary/aromatic N) is 4. The Morgan fingerprint density at radius 1 is 1.21 bits per heavy atom. The number of aromatic nitrogens is 4. The van der Waals surface area contributed by atoms with Crippen LogP contribution in [0, 0.1) is 12.7 Å². The molecule has 1 spiro atoms. The Bertz CT molecular complexity index is 1190. The topological polar surface area (TPSA) is 83.9 Å². The molecule has 0 radical (unpaired) electrons. The summed E-state index contributed by atoms with van der Waals surface area (Å²) in [5.41, 5.74) is 1.24. The van der Waals surface area contributed by atoms with Crippen LogP contribution in [0.15, 0.2) is 23.5 Å². The van der Waals surface area contributed by atoms with E-state index in [0.29, 0.717) is 28.9 Å². The highest BCUT2D eigenvalue weighted by Crippen LogP contribution is 2.48. The van der Waals surface area contributed by atoms with Gasteiger partial charge in [0.2, 0.25) is 0 Å². The molecular weight excluding hydrogens is 381 g/mol. The van der Waals surface area contributed by atoms with Gasteiger partial charge in [-0.15, -0.1) is 0 Å². The Labute approximate surface area is 162 Å². The van der Waals surface area contributed by atoms with E-state index >= 15 is 0 Å². The Morgan fingerprint density at radius 3 is 2.61 bits per heavy atom. The summed E-state index contributed by atoms with van der Waals surface area (Å²) in [6.07, 6.45) is 6.21. The predicted octanol–water partition coefficient (Wildman–Crippen LogP) is 3.12. The molecule has 0 bridgehead atoms. The summed E-state index contributed by atoms with van der Waals surface area (Å²) in [6.45, 7) is 2.30. The van der Waals surface area contributed by atoms with E-state index in [1.807, 2.05) is 0 Å². The van der Waals surface area contributed by atoms with E-state index in [-0.39, 0.29) is 16.1 Å². The average Bonchev–Trinajstić information content (AvgIpc) is 3.31. The minimum Gasteiger partial charge on any atom is -0.342 e. The number of rotatable bonds is 3. The number of aryl methyl sites for hydroxylation is 2. The molecule has 7 nitrogen and oxygen atoms in total. The number of aromatic amines is 1. The molecule has 148 valence electrons. The van der Waals surface area contributed by atoms with Crippen LogP contribution in [0.2, 0.25) is 0 Å². The molecule has 1 aromatic carbocycles. The minimum atomic E-state index is -3.73. The molecule has 2 fully saturated rings. The highest BCUT2D eigenvalue weighted by atomic mass is 32.2. The van der Waals surface area contributed by atoms with E-state index in [1.165, 1.54) is 12.1 Å². The highest BCUT2D eigenvalue weighted by molar-refractivity contribution is 7.89. The molecular formula is C19H22FN5O2S. The van der Waals surface area contributed by atoms with Crippen molar-refractivity contribution >= 4 is 20.9 Å². The van der Waals surface area contributed by atoms with Crippen LogP contribution in [0.1, 0.15) is 37.7 Å². The lowest BCUT2D eigenvalue weighted by Crippen LogP contribution is -2.51. The van der Waals surface area contributed by atoms with Gasteiger partial charge in [-0.1, -0.05) is 0 Å². The maximum Gasteiger partial charge on any atom is 0.259 e. The van der Waals surface area contributed by atoms with Crippen LogP contribution in [0.3, 0.4) is 0 Å². The molecule has 1 saturated carbocycles. The van der Waals surface area contributed by atoms with Gasteiger partial charge in [0.1, 0.15) is 17.2 Å². The largest absolute Gasteiger partial charge is 0.342 e. The smallest absolute Gasteiger partial charge is 0.259 e. The zero-order valence-corrected chi connectivity index (χ0v) is 16.7. The van der Waals surface area contributed by atoms with E-state index in [2.05, 4.69) is 15.1 Å². The fourth-order valence-electron chi connectivity index (χ4n) is 4.74. The lowest BCUT2D eigenvalue weighted by Gasteiger charge is -2.44. The SMILES string of the molecule is Cc1cc(F)c2[nH]c(S(=O)(=O)N3CCCC34CCC4)cc2c1-c1ncn(C)n1. The summed E-state index contributed by atoms with van der Waals surface area (Å²) in [4.78, 5) is 7.12. The summed E-state index contributed by atoms with van der Waals surface area (Å²) in [7, 11) is -1.97. The van der Waals surface area contributed by atoms with Gasteiger partial charge in [0, 0.05) is 30.1 Å². The quantitative estimate of drug-likeness (QED) is 0.728. The third-order valence-electron chi connectivity index (χ3n) is 6.25. The Morgan fingerprint density at radius 2 is 1.96 bits per heavy atom. The maximum atomic E-state index is 14.7. The van der Waals surface area contributed by atoms with Crippen molar-refractivity contribution in [3.63, 3.8) is 0 Å². The van der Waals surface area contributed by atoms with Crippen molar-refractivity contribution in [2.24, 2.45) is 7.05 Å². The fourth-order valence-corrected chi connectivity index (χ4v) is 6.63. The monoisotopic (exact) mass is 403 g/mol. The van der Waals surface area contributed by atoms with Crippen LogP contribution < -0.4 is 0 Å². The van der Waals surface area contributed by atoms with Crippen LogP contribution in [-0.2, 0) is 17.1 Å². The number of H-pyrrole nitrogens is 1. The molecule has 1 aliphatic carbocycles. The molecule has 1 N–H and O–H groups in total. The van der Waals surface area contributed by atoms with Crippen LogP contribution >= 0.6 is 0 Å². The molecule has 3 aromatic rings. The lowest BCUT2D eigenvalue weighted by molar-refractivity contribution is 0.127. The standard InChI is InChI=1S/C19H22FN5O2S/c1-12-9-14(20)17-13(16(12)18-21-11-24(2)23-18)10-15(22-17)28(26,27)25-8-4-7-19(25)5-3-6-19/h9-11,22H,3-8H2,1-2H3. The van der Waals surface area contributed by atoms with Crippen molar-refractivity contribution < 1.29 is 12.8 Å². The molecule has 1 saturated heterocycles. The molecule has 1 aliphatic heterocycles. The third kappa shape index (κ3) is 2.39. The van der Waals surface area contributed by atoms with E-state index in [9.17, 15) is 12.8 Å². The highest BCUT2D eigenvalue weighted by Gasteiger charge is 2.51. The number of fused-ring (bicyclic) bond motifs is 1. The van der Waals surface area contributed by atoms with Crippen molar-refractivity contribution in [2.75, 3.05) is 6.54 Å². The van der Waals surface area contributed by atoms with Crippen molar-refractivity contribution in [1.82, 2.24) is 24.1 Å². The van der Waals surface area contributed by atoms with Crippen LogP contribution in [0.5, 0.6) is 0 Å². The molecule has 3 heterocycles. The van der Waals surface area contributed by atoms with Crippen molar-refractivity contribution in [2.45, 2.75) is 49.6 Å². The van der Waals surface area contributed by atoms with E-state index in [4.69, 9.17) is 0 Å². The van der Waals surface area contributed by atoms with Gasteiger partial charge in [-0.05, 0) is 56.7 Å². The van der Waals surface area contributed by atoms with Gasteiger partial charge in [0.25, 0.3) is 10.0 Å². The van der Waals surface area contributed by atoms with Gasteiger partial charge < -0.3 is 4.98 Å². The van der Waals surface area contributed by atoms with Gasteiger partial charge in [-0.25, -0.2) is 17.8 Å². The second kappa shape index (κ2) is 5.87. The number of benzene rings is 1. The van der Waals surface area contributed by atoms with E-state index < -0.39 is 15.8 Å². The van der Waals surface area contributed by atoms with Crippen molar-refractivity contribution in [3.05, 3.63) is 29.8 Å². The van der Waals surface area contributed by atoms with Gasteiger partial charge in [-0.2, -0.15) is 9.40 Å². The van der Waals surface area contributed by atoms with E-state index in [1.54, 1.807) is 29.3 Å². The number of hydrogen-bond acceptors (Lipinski definition) is 4. The first-order valence-electron chi connectivity index (χ1n) is 9.53. The van der Waals surface area contributed by atoms with E-state index in [0.717, 1.165) is 32.1 Å². The first kappa shape index (κ1) is 17.8. The number of sulfonamides is 1. The normalized spacial score (nSPS) is 19.5. The Kier molecular flexibility index (Phi) is 3.73. The first-order valence-corrected chi connectivity index (χ1v) is 11.0. The lowest BCUT2D eigenvalue weighted by atomic mass is 9.76. The third-order valence-corrected chi connectivity index (χ3v) is 8.17. The molecule has 0 atom stereocenters. The van der Waals surface area contributed by atoms with Gasteiger partial charge in [0.15, 0.2) is 5.82 Å². The summed E-state index contributed by atoms with van der Waals surface area (Å²) in [5, 5.41) is 4.85. The predicted molar refractivity (Wildman–Crippen MR) is 103 cm³/mol. The summed E-state index contributed by atoms with van der Waals surface area (Å²) in [6, 6.07) is 2.93. The first-order chi connectivity index (χ1) is 13.3. The van der Waals surface area contributed by atoms with Gasteiger partial charge in [0.05, 0.1) is 5.52 Å². The average molecular weight is 403 g/mol. The van der Waals surface area contributed by atoms with Crippen LogP contribution in [-0.4, -0.2) is 44.6 Å². The molecule has 0 amide bonds. The molecule has 2 aromatic heterocycles. The second-order valence-corrected chi connectivity index (χ2v) is 9.80. The zero-order chi connectivity index (χ0) is 19.7. The summed E-state index contributed by atoms with van der Waals surface area (Å²) in [5.74, 6) is -0.0296. The molecule has 9 heteroatoms. The fraction of sp³-hybridized carbons (Fsp3) is 0.474. The van der Waals surface area contributed by atoms with Gasteiger partial charge in [-0.3, -0.25) is 4.68 Å². The van der Waals surface area contributed by atoms with Crippen LogP contribution in [0.4, 0.5) is 4.39 Å². The summed E-state index contributed by atoms with van der Waals surface area (Å²) >= 11 is 0. The second-order valence-electron chi connectivity index (χ2n) is 7.97. The number of halogens is 1. The molecule has 28 heavy (non-hydrogen) atoms. The van der Waals surface area contributed by atoms with Crippen molar-refractivity contribution in [1.29, 1.82) is 0 Å². The number of hydrogen-bond donors (Lipinski definition) is 1. The molecule has 0 unspecified atom stereocenters. The number of nitrogens with one attached hydrogen (secondary N) is 1. The minimum absolute atomic E-state index is 0.0392. The van der Waals surface area contributed by atoms with Gasteiger partial charge >= 0.3 is 0 Å². The van der Waals surface area contributed by atoms with Crippen LogP contribution in [0.25, 0.3) is 22.3 Å². The Balaban J connectivity index is 1.69. The molecule has 5 rings (SSSR count). The van der Waals surface area contributed by atoms with Crippen molar-refractivity contribution in [3.8, 4) is 11.4 Å². The Hall–Kier alpha value is -2.26. The summed E-state index contributed by atoms with van der Waals surface area (Å²) < 4.78 is 44.7.